The molecule has 36 heavy (non-hydrogen) atoms. The van der Waals surface area contributed by atoms with Gasteiger partial charge in [0.25, 0.3) is 0 Å². The first-order valence-corrected chi connectivity index (χ1v) is 12.5. The molecular weight excluding hydrogens is 516 g/mol. The lowest BCUT2D eigenvalue weighted by molar-refractivity contribution is 0.138. The molecule has 1 aromatic carbocycles. The number of aromatic nitrogens is 4. The van der Waals surface area contributed by atoms with Crippen molar-refractivity contribution in [2.24, 2.45) is 0 Å². The minimum atomic E-state index is -0.576. The van der Waals surface area contributed by atoms with Gasteiger partial charge in [-0.3, -0.25) is 5.10 Å². The quantitative estimate of drug-likeness (QED) is 0.296. The second-order valence-electron chi connectivity index (χ2n) is 9.35. The molecule has 1 aliphatic heterocycles. The number of nitrogens with one attached hydrogen (secondary N) is 3. The van der Waals surface area contributed by atoms with Crippen molar-refractivity contribution in [3.05, 3.63) is 63.9 Å². The van der Waals surface area contributed by atoms with Gasteiger partial charge in [-0.25, -0.2) is 9.78 Å². The average Bonchev–Trinajstić information content (AvgIpc) is 3.50. The Labute approximate surface area is 225 Å². The number of benzene rings is 1. The zero-order chi connectivity index (χ0) is 24.7. The Morgan fingerprint density at radius 2 is 1.97 bits per heavy atom. The summed E-state index contributed by atoms with van der Waals surface area (Å²) >= 11 is 7.66. The molecule has 0 saturated heterocycles. The van der Waals surface area contributed by atoms with Crippen molar-refractivity contribution in [1.29, 1.82) is 0 Å². The highest BCUT2D eigenvalue weighted by Gasteiger charge is 2.44. The second kappa shape index (κ2) is 10.3. The summed E-state index contributed by atoms with van der Waals surface area (Å²) in [7, 11) is 4.00. The van der Waals surface area contributed by atoms with Gasteiger partial charge in [0.15, 0.2) is 11.6 Å². The van der Waals surface area contributed by atoms with Gasteiger partial charge in [-0.1, -0.05) is 30.3 Å². The summed E-state index contributed by atoms with van der Waals surface area (Å²) in [6.07, 6.45) is 0. The van der Waals surface area contributed by atoms with Crippen LogP contribution in [0.2, 0.25) is 5.28 Å². The minimum absolute atomic E-state index is 0. The van der Waals surface area contributed by atoms with Gasteiger partial charge in [0.1, 0.15) is 0 Å². The number of H-pyrrole nitrogens is 1. The average molecular weight is 545 g/mol. The maximum Gasteiger partial charge on any atom is 0.319 e. The molecular formula is C24H29ClN8OS2. The van der Waals surface area contributed by atoms with E-state index in [1.54, 1.807) is 0 Å². The van der Waals surface area contributed by atoms with Crippen molar-refractivity contribution in [3.8, 4) is 0 Å². The molecule has 9 nitrogen and oxygen atoms in total. The highest BCUT2D eigenvalue weighted by molar-refractivity contribution is 7.59. The predicted molar refractivity (Wildman–Crippen MR) is 150 cm³/mol. The van der Waals surface area contributed by atoms with E-state index >= 15 is 0 Å². The van der Waals surface area contributed by atoms with Crippen LogP contribution in [0, 0.1) is 0 Å². The molecule has 5 rings (SSSR count). The van der Waals surface area contributed by atoms with Crippen LogP contribution in [0.25, 0.3) is 10.2 Å². The van der Waals surface area contributed by atoms with E-state index in [4.69, 9.17) is 11.6 Å². The number of nitrogens with zero attached hydrogens (tertiary/aromatic N) is 5. The largest absolute Gasteiger partial charge is 0.330 e. The smallest absolute Gasteiger partial charge is 0.319 e. The number of hydrogen-bond acceptors (Lipinski definition) is 7. The van der Waals surface area contributed by atoms with Crippen LogP contribution >= 0.6 is 36.4 Å². The number of urea groups is 1. The van der Waals surface area contributed by atoms with E-state index < -0.39 is 5.54 Å². The Morgan fingerprint density at radius 3 is 2.69 bits per heavy atom. The summed E-state index contributed by atoms with van der Waals surface area (Å²) in [6.45, 7) is 5.13. The molecule has 4 heterocycles. The Morgan fingerprint density at radius 1 is 1.22 bits per heavy atom. The molecule has 1 atom stereocenters. The van der Waals surface area contributed by atoms with Crippen LogP contribution in [0.15, 0.2) is 41.8 Å². The Kier molecular flexibility index (Phi) is 7.46. The van der Waals surface area contributed by atoms with Crippen LogP contribution in [0.3, 0.4) is 0 Å². The fraction of sp³-hybridized carbons (Fsp3) is 0.333. The molecule has 4 aromatic rings. The lowest BCUT2D eigenvalue weighted by atomic mass is 10.0. The zero-order valence-electron chi connectivity index (χ0n) is 20.5. The maximum absolute atomic E-state index is 13.6. The first-order valence-electron chi connectivity index (χ1n) is 11.3. The van der Waals surface area contributed by atoms with Crippen LogP contribution in [0.4, 0.5) is 16.4 Å². The van der Waals surface area contributed by atoms with E-state index in [1.807, 2.05) is 74.6 Å². The number of hydrogen-bond donors (Lipinski definition) is 3. The van der Waals surface area contributed by atoms with Gasteiger partial charge in [-0.2, -0.15) is 23.6 Å². The van der Waals surface area contributed by atoms with E-state index in [0.29, 0.717) is 24.7 Å². The lowest BCUT2D eigenvalue weighted by Gasteiger charge is -2.34. The molecule has 3 aromatic heterocycles. The van der Waals surface area contributed by atoms with Gasteiger partial charge in [0.2, 0.25) is 5.28 Å². The van der Waals surface area contributed by atoms with E-state index in [-0.39, 0.29) is 30.9 Å². The van der Waals surface area contributed by atoms with Gasteiger partial charge in [0.05, 0.1) is 34.0 Å². The zero-order valence-corrected chi connectivity index (χ0v) is 23.0. The summed E-state index contributed by atoms with van der Waals surface area (Å²) in [5, 5.41) is 16.3. The van der Waals surface area contributed by atoms with Crippen molar-refractivity contribution < 1.29 is 4.79 Å². The van der Waals surface area contributed by atoms with Crippen molar-refractivity contribution in [3.63, 3.8) is 0 Å². The van der Waals surface area contributed by atoms with E-state index in [2.05, 4.69) is 35.7 Å². The molecule has 0 fully saturated rings. The molecule has 3 N–H and O–H groups in total. The number of anilines is 2. The summed E-state index contributed by atoms with van der Waals surface area (Å²) in [5.74, 6) is 1.22. The van der Waals surface area contributed by atoms with Gasteiger partial charge < -0.3 is 20.4 Å². The molecule has 1 aliphatic rings. The van der Waals surface area contributed by atoms with Crippen molar-refractivity contribution in [2.75, 3.05) is 26.0 Å². The lowest BCUT2D eigenvalue weighted by Crippen LogP contribution is -2.48. The fourth-order valence-corrected chi connectivity index (χ4v) is 5.44. The first kappa shape index (κ1) is 26.2. The summed E-state index contributed by atoms with van der Waals surface area (Å²) in [5.41, 5.74) is 3.08. The number of rotatable bonds is 6. The molecule has 0 saturated carbocycles. The maximum atomic E-state index is 13.6. The topological polar surface area (TPSA) is 102 Å². The number of carbonyl (C=O) groups excluding carboxylic acids is 1. The summed E-state index contributed by atoms with van der Waals surface area (Å²) < 4.78 is 0.896. The van der Waals surface area contributed by atoms with Crippen molar-refractivity contribution >= 4 is 64.3 Å². The third-order valence-corrected chi connectivity index (χ3v) is 7.35. The second-order valence-corrected chi connectivity index (χ2v) is 10.6. The van der Waals surface area contributed by atoms with Crippen molar-refractivity contribution in [2.45, 2.75) is 32.0 Å². The standard InChI is InChI=1S/C24H27ClN8OS.H2S/c1-24(2)19-15(20(31-30-19)28-21-18-16(10-11-35-18)26-22(25)29-21)12-33(24)23(34)27-17(13-32(3)4)14-8-6-5-7-9-14;/h5-11,17H,12-13H2,1-4H3,(H,27,34)(H2,26,28,29,30,31);1H2/t17-;/m1./s1. The third kappa shape index (κ3) is 4.88. The SMILES string of the molecule is CN(C)C[C@@H](NC(=O)N1Cc2c(Nc3nc(Cl)nc4ccsc34)n[nH]c2C1(C)C)c1ccccc1.S. The van der Waals surface area contributed by atoms with E-state index in [9.17, 15) is 4.79 Å². The molecule has 0 spiro atoms. The van der Waals surface area contributed by atoms with E-state index in [1.165, 1.54) is 11.3 Å². The number of thiophene rings is 1. The molecule has 2 amide bonds. The molecule has 0 radical (unpaired) electrons. The van der Waals surface area contributed by atoms with Crippen LogP contribution in [0.1, 0.15) is 36.7 Å². The molecule has 0 aliphatic carbocycles. The molecule has 0 bridgehead atoms. The van der Waals surface area contributed by atoms with Gasteiger partial charge in [-0.15, -0.1) is 11.3 Å². The highest BCUT2D eigenvalue weighted by Crippen LogP contribution is 2.42. The fourth-order valence-electron chi connectivity index (χ4n) is 4.49. The van der Waals surface area contributed by atoms with Crippen LogP contribution < -0.4 is 10.6 Å². The predicted octanol–water partition coefficient (Wildman–Crippen LogP) is 4.99. The highest BCUT2D eigenvalue weighted by atomic mass is 35.5. The number of fused-ring (bicyclic) bond motifs is 2. The van der Waals surface area contributed by atoms with Crippen molar-refractivity contribution in [1.82, 2.24) is 35.3 Å². The number of amides is 2. The number of halogens is 1. The summed E-state index contributed by atoms with van der Waals surface area (Å²) in [4.78, 5) is 26.1. The van der Waals surface area contributed by atoms with Gasteiger partial charge in [0, 0.05) is 12.1 Å². The number of likely N-dealkylation sites (N-methyl/N-ethyl adjacent to an activating group) is 1. The normalized spacial score (nSPS) is 15.0. The first-order chi connectivity index (χ1) is 16.7. The van der Waals surface area contributed by atoms with E-state index in [0.717, 1.165) is 27.0 Å². The van der Waals surface area contributed by atoms with Crippen LogP contribution in [-0.4, -0.2) is 56.6 Å². The monoisotopic (exact) mass is 544 g/mol. The van der Waals surface area contributed by atoms with Gasteiger partial charge >= 0.3 is 6.03 Å². The third-order valence-electron chi connectivity index (χ3n) is 6.28. The molecule has 12 heteroatoms. The summed E-state index contributed by atoms with van der Waals surface area (Å²) in [6, 6.07) is 11.7. The van der Waals surface area contributed by atoms with Crippen LogP contribution in [0.5, 0.6) is 0 Å². The number of carbonyl (C=O) groups is 1. The molecule has 0 unspecified atom stereocenters. The van der Waals surface area contributed by atoms with Crippen LogP contribution in [-0.2, 0) is 12.1 Å². The Balaban J connectivity index is 0.00000304. The minimum Gasteiger partial charge on any atom is -0.330 e. The Hall–Kier alpha value is -2.86. The Bertz CT molecular complexity index is 1370. The number of aromatic amines is 1. The van der Waals surface area contributed by atoms with Gasteiger partial charge in [-0.05, 0) is 56.6 Å². The molecule has 190 valence electrons.